The van der Waals surface area contributed by atoms with Gasteiger partial charge >= 0.3 is 0 Å². The van der Waals surface area contributed by atoms with Crippen LogP contribution in [0.4, 0.5) is 0 Å². The van der Waals surface area contributed by atoms with Gasteiger partial charge in [-0.1, -0.05) is 44.5 Å². The third kappa shape index (κ3) is 4.50. The smallest absolute Gasteiger partial charge is 0.224 e. The molecule has 3 nitrogen and oxygen atoms in total. The van der Waals surface area contributed by atoms with E-state index in [1.165, 1.54) is 0 Å². The van der Waals surface area contributed by atoms with E-state index in [2.05, 4.69) is 0 Å². The Morgan fingerprint density at radius 3 is 2.50 bits per heavy atom. The first kappa shape index (κ1) is 17.0. The largest absolute Gasteiger partial charge is 0.339 e. The van der Waals surface area contributed by atoms with Crippen LogP contribution in [0.25, 0.3) is 0 Å². The van der Waals surface area contributed by atoms with Crippen molar-refractivity contribution in [1.82, 2.24) is 4.90 Å². The van der Waals surface area contributed by atoms with E-state index in [9.17, 15) is 4.79 Å². The molecule has 20 heavy (non-hydrogen) atoms. The SMILES string of the molecule is CC(c1cccc(Cl)c1)N(C)C(=O)CC(N)C(C)(C)C. The van der Waals surface area contributed by atoms with Crippen molar-refractivity contribution in [3.8, 4) is 0 Å². The minimum Gasteiger partial charge on any atom is -0.339 e. The Kier molecular flexibility index (Phi) is 5.60. The summed E-state index contributed by atoms with van der Waals surface area (Å²) in [7, 11) is 1.81. The van der Waals surface area contributed by atoms with Crippen LogP contribution in [0.1, 0.15) is 45.7 Å². The summed E-state index contributed by atoms with van der Waals surface area (Å²) in [6.45, 7) is 8.13. The molecular formula is C16H25ClN2O. The standard InChI is InChI=1S/C16H25ClN2O/c1-11(12-7-6-8-13(17)9-12)19(5)15(20)10-14(18)16(2,3)4/h6-9,11,14H,10,18H2,1-5H3. The summed E-state index contributed by atoms with van der Waals surface area (Å²) in [6, 6.07) is 7.42. The molecule has 0 spiro atoms. The lowest BCUT2D eigenvalue weighted by molar-refractivity contribution is -0.132. The molecule has 0 fully saturated rings. The first-order chi connectivity index (χ1) is 9.12. The van der Waals surface area contributed by atoms with Gasteiger partial charge in [0, 0.05) is 24.5 Å². The number of nitrogens with two attached hydrogens (primary N) is 1. The predicted octanol–water partition coefficient (Wildman–Crippen LogP) is 3.62. The van der Waals surface area contributed by atoms with E-state index in [0.717, 1.165) is 5.56 Å². The van der Waals surface area contributed by atoms with Crippen LogP contribution >= 0.6 is 11.6 Å². The molecule has 0 heterocycles. The van der Waals surface area contributed by atoms with Crippen molar-refractivity contribution in [2.24, 2.45) is 11.1 Å². The van der Waals surface area contributed by atoms with E-state index < -0.39 is 0 Å². The molecule has 0 saturated heterocycles. The molecule has 0 bridgehead atoms. The van der Waals surface area contributed by atoms with Gasteiger partial charge in [0.1, 0.15) is 0 Å². The van der Waals surface area contributed by atoms with Crippen molar-refractivity contribution < 1.29 is 4.79 Å². The van der Waals surface area contributed by atoms with Crippen molar-refractivity contribution in [1.29, 1.82) is 0 Å². The van der Waals surface area contributed by atoms with E-state index in [0.29, 0.717) is 11.4 Å². The average molecular weight is 297 g/mol. The summed E-state index contributed by atoms with van der Waals surface area (Å²) < 4.78 is 0. The summed E-state index contributed by atoms with van der Waals surface area (Å²) >= 11 is 5.99. The number of carbonyl (C=O) groups excluding carboxylic acids is 1. The maximum absolute atomic E-state index is 12.3. The molecule has 112 valence electrons. The second-order valence-electron chi connectivity index (χ2n) is 6.41. The second kappa shape index (κ2) is 6.59. The predicted molar refractivity (Wildman–Crippen MR) is 84.7 cm³/mol. The maximum Gasteiger partial charge on any atom is 0.224 e. The van der Waals surface area contributed by atoms with Gasteiger partial charge in [-0.05, 0) is 30.0 Å². The fraction of sp³-hybridized carbons (Fsp3) is 0.562. The lowest BCUT2D eigenvalue weighted by Crippen LogP contribution is -2.41. The number of rotatable bonds is 4. The van der Waals surface area contributed by atoms with E-state index >= 15 is 0 Å². The molecule has 2 atom stereocenters. The Hall–Kier alpha value is -1.06. The minimum atomic E-state index is -0.149. The number of amides is 1. The summed E-state index contributed by atoms with van der Waals surface area (Å²) in [5, 5.41) is 0.682. The number of benzene rings is 1. The number of nitrogens with zero attached hydrogens (tertiary/aromatic N) is 1. The van der Waals surface area contributed by atoms with Gasteiger partial charge in [-0.3, -0.25) is 4.79 Å². The molecule has 0 aliphatic carbocycles. The van der Waals surface area contributed by atoms with Crippen molar-refractivity contribution in [2.75, 3.05) is 7.05 Å². The summed E-state index contributed by atoms with van der Waals surface area (Å²) in [4.78, 5) is 14.0. The zero-order valence-electron chi connectivity index (χ0n) is 13.0. The number of hydrogen-bond acceptors (Lipinski definition) is 2. The van der Waals surface area contributed by atoms with Crippen LogP contribution in [0.5, 0.6) is 0 Å². The van der Waals surface area contributed by atoms with Crippen molar-refractivity contribution >= 4 is 17.5 Å². The molecule has 1 aromatic rings. The molecule has 2 N–H and O–H groups in total. The molecule has 1 rings (SSSR count). The van der Waals surface area contributed by atoms with Crippen LogP contribution in [-0.4, -0.2) is 23.9 Å². The van der Waals surface area contributed by atoms with Gasteiger partial charge in [-0.25, -0.2) is 0 Å². The fourth-order valence-electron chi connectivity index (χ4n) is 1.84. The van der Waals surface area contributed by atoms with Gasteiger partial charge < -0.3 is 10.6 Å². The molecule has 0 saturated carbocycles. The molecule has 0 radical (unpaired) electrons. The van der Waals surface area contributed by atoms with Crippen LogP contribution in [0, 0.1) is 5.41 Å². The number of hydrogen-bond donors (Lipinski definition) is 1. The zero-order chi connectivity index (χ0) is 15.5. The van der Waals surface area contributed by atoms with Gasteiger partial charge in [-0.15, -0.1) is 0 Å². The fourth-order valence-corrected chi connectivity index (χ4v) is 2.04. The lowest BCUT2D eigenvalue weighted by Gasteiger charge is -2.31. The normalized spacial score (nSPS) is 14.8. The Morgan fingerprint density at radius 2 is 2.00 bits per heavy atom. The van der Waals surface area contributed by atoms with Gasteiger partial charge in [0.2, 0.25) is 5.91 Å². The molecule has 1 aromatic carbocycles. The van der Waals surface area contributed by atoms with E-state index in [-0.39, 0.29) is 23.4 Å². The molecule has 1 amide bonds. The van der Waals surface area contributed by atoms with Crippen LogP contribution in [0.15, 0.2) is 24.3 Å². The number of halogens is 1. The topological polar surface area (TPSA) is 46.3 Å². The quantitative estimate of drug-likeness (QED) is 0.922. The van der Waals surface area contributed by atoms with Crippen molar-refractivity contribution in [2.45, 2.75) is 46.2 Å². The first-order valence-electron chi connectivity index (χ1n) is 6.89. The highest BCUT2D eigenvalue weighted by Crippen LogP contribution is 2.25. The van der Waals surface area contributed by atoms with Gasteiger partial charge in [0.05, 0.1) is 6.04 Å². The van der Waals surface area contributed by atoms with Crippen LogP contribution in [-0.2, 0) is 4.79 Å². The van der Waals surface area contributed by atoms with Crippen LogP contribution in [0.2, 0.25) is 5.02 Å². The lowest BCUT2D eigenvalue weighted by atomic mass is 9.85. The van der Waals surface area contributed by atoms with Gasteiger partial charge in [-0.2, -0.15) is 0 Å². The van der Waals surface area contributed by atoms with Crippen LogP contribution in [0.3, 0.4) is 0 Å². The van der Waals surface area contributed by atoms with E-state index in [1.807, 2.05) is 59.0 Å². The molecule has 2 unspecified atom stereocenters. The molecule has 0 aliphatic heterocycles. The molecule has 0 aliphatic rings. The molecular weight excluding hydrogens is 272 g/mol. The third-order valence-electron chi connectivity index (χ3n) is 3.81. The van der Waals surface area contributed by atoms with E-state index in [1.54, 1.807) is 4.90 Å². The van der Waals surface area contributed by atoms with E-state index in [4.69, 9.17) is 17.3 Å². The Morgan fingerprint density at radius 1 is 1.40 bits per heavy atom. The summed E-state index contributed by atoms with van der Waals surface area (Å²) in [5.74, 6) is 0.0555. The Balaban J connectivity index is 2.74. The number of carbonyl (C=O) groups is 1. The average Bonchev–Trinajstić information content (AvgIpc) is 2.35. The van der Waals surface area contributed by atoms with Gasteiger partial charge in [0.15, 0.2) is 0 Å². The molecule has 4 heteroatoms. The highest BCUT2D eigenvalue weighted by atomic mass is 35.5. The van der Waals surface area contributed by atoms with Crippen molar-refractivity contribution in [3.05, 3.63) is 34.9 Å². The summed E-state index contributed by atoms with van der Waals surface area (Å²) in [5.41, 5.74) is 7.04. The molecule has 0 aromatic heterocycles. The summed E-state index contributed by atoms with van der Waals surface area (Å²) in [6.07, 6.45) is 0.352. The maximum atomic E-state index is 12.3. The second-order valence-corrected chi connectivity index (χ2v) is 6.85. The first-order valence-corrected chi connectivity index (χ1v) is 7.27. The Bertz CT molecular complexity index is 468. The van der Waals surface area contributed by atoms with Crippen molar-refractivity contribution in [3.63, 3.8) is 0 Å². The zero-order valence-corrected chi connectivity index (χ0v) is 13.7. The van der Waals surface area contributed by atoms with Crippen LogP contribution < -0.4 is 5.73 Å². The highest BCUT2D eigenvalue weighted by Gasteiger charge is 2.26. The third-order valence-corrected chi connectivity index (χ3v) is 4.05. The highest BCUT2D eigenvalue weighted by molar-refractivity contribution is 6.30. The van der Waals surface area contributed by atoms with Gasteiger partial charge in [0.25, 0.3) is 0 Å². The minimum absolute atomic E-state index is 0.0200. The Labute approximate surface area is 127 Å². The monoisotopic (exact) mass is 296 g/mol.